The van der Waals surface area contributed by atoms with E-state index in [4.69, 9.17) is 27.9 Å². The molecule has 0 spiro atoms. The molecular weight excluding hydrogens is 519 g/mol. The summed E-state index contributed by atoms with van der Waals surface area (Å²) < 4.78 is 8.21. The first kappa shape index (κ1) is 28.4. The van der Waals surface area contributed by atoms with Gasteiger partial charge in [-0.1, -0.05) is 35.4 Å². The maximum absolute atomic E-state index is 6.22. The predicted molar refractivity (Wildman–Crippen MR) is 159 cm³/mol. The average molecular weight is 552 g/mol. The molecule has 3 nitrogen and oxygen atoms in total. The topological polar surface area (TPSA) is 15.5 Å². The highest BCUT2D eigenvalue weighted by atomic mass is 35.5. The van der Waals surface area contributed by atoms with Crippen LogP contribution < -0.4 is 4.74 Å². The van der Waals surface area contributed by atoms with Gasteiger partial charge < -0.3 is 9.64 Å². The van der Waals surface area contributed by atoms with Crippen LogP contribution in [-0.4, -0.2) is 43.9 Å². The van der Waals surface area contributed by atoms with Crippen molar-refractivity contribution in [1.29, 1.82) is 0 Å². The number of rotatable bonds is 10. The molecule has 0 saturated carbocycles. The maximum Gasteiger partial charge on any atom is 0.166 e. The number of benzene rings is 3. The fourth-order valence-corrected chi connectivity index (χ4v) is 5.49. The molecule has 0 heterocycles. The van der Waals surface area contributed by atoms with Gasteiger partial charge in [0.25, 0.3) is 0 Å². The maximum atomic E-state index is 6.22. The average Bonchev–Trinajstić information content (AvgIpc) is 2.87. The molecule has 0 aromatic heterocycles. The van der Waals surface area contributed by atoms with Crippen molar-refractivity contribution in [1.82, 2.24) is 4.90 Å². The SMILES string of the molecule is CN(C)/C=C/C=C/C(=C/C=C/C=[N+](C)C)Oc1ccc([S+](c2ccc(Cl)cc2)c2ccc(Cl)cc2)cc1. The van der Waals surface area contributed by atoms with Gasteiger partial charge in [0.15, 0.2) is 20.9 Å². The molecule has 0 unspecified atom stereocenters. The Morgan fingerprint density at radius 2 is 1.24 bits per heavy atom. The first-order valence-electron chi connectivity index (χ1n) is 11.7. The summed E-state index contributed by atoms with van der Waals surface area (Å²) >= 11 is 12.3. The van der Waals surface area contributed by atoms with Gasteiger partial charge in [0.05, 0.1) is 10.9 Å². The summed E-state index contributed by atoms with van der Waals surface area (Å²) in [7, 11) is 7.64. The Morgan fingerprint density at radius 3 is 1.73 bits per heavy atom. The molecule has 0 fully saturated rings. The van der Waals surface area contributed by atoms with Crippen molar-refractivity contribution in [3.8, 4) is 5.75 Å². The second-order valence-corrected chi connectivity index (χ2v) is 11.4. The molecule has 0 amide bonds. The predicted octanol–water partition coefficient (Wildman–Crippen LogP) is 7.88. The van der Waals surface area contributed by atoms with Crippen LogP contribution in [0.4, 0.5) is 0 Å². The second-order valence-electron chi connectivity index (χ2n) is 8.52. The summed E-state index contributed by atoms with van der Waals surface area (Å²) in [4.78, 5) is 5.52. The fraction of sp³-hybridized carbons (Fsp3) is 0.129. The zero-order valence-electron chi connectivity index (χ0n) is 21.5. The molecule has 3 aromatic carbocycles. The quantitative estimate of drug-likeness (QED) is 0.0838. The van der Waals surface area contributed by atoms with Crippen LogP contribution in [0.15, 0.2) is 136 Å². The fourth-order valence-electron chi connectivity index (χ4n) is 3.20. The summed E-state index contributed by atoms with van der Waals surface area (Å²) in [6.07, 6.45) is 15.7. The lowest BCUT2D eigenvalue weighted by Gasteiger charge is -2.10. The summed E-state index contributed by atoms with van der Waals surface area (Å²) in [5.41, 5.74) is 0. The summed E-state index contributed by atoms with van der Waals surface area (Å²) in [6, 6.07) is 24.3. The van der Waals surface area contributed by atoms with Crippen molar-refractivity contribution < 1.29 is 9.31 Å². The van der Waals surface area contributed by atoms with E-state index >= 15 is 0 Å². The third-order valence-corrected chi connectivity index (χ3v) is 7.64. The molecule has 0 radical (unpaired) electrons. The lowest BCUT2D eigenvalue weighted by molar-refractivity contribution is -0.458. The van der Waals surface area contributed by atoms with Crippen molar-refractivity contribution in [3.05, 3.63) is 131 Å². The van der Waals surface area contributed by atoms with Crippen LogP contribution in [0.3, 0.4) is 0 Å². The first-order chi connectivity index (χ1) is 17.8. The smallest absolute Gasteiger partial charge is 0.166 e. The third-order valence-electron chi connectivity index (χ3n) is 4.91. The lowest BCUT2D eigenvalue weighted by atomic mass is 10.3. The molecule has 190 valence electrons. The van der Waals surface area contributed by atoms with E-state index in [1.807, 2.05) is 123 Å². The molecule has 3 aromatic rings. The number of halogens is 2. The molecule has 0 aliphatic heterocycles. The Bertz CT molecular complexity index is 1240. The van der Waals surface area contributed by atoms with E-state index in [0.717, 1.165) is 21.6 Å². The summed E-state index contributed by atoms with van der Waals surface area (Å²) in [5, 5.41) is 1.44. The van der Waals surface area contributed by atoms with Crippen LogP contribution in [0, 0.1) is 0 Å². The monoisotopic (exact) mass is 550 g/mol. The zero-order valence-corrected chi connectivity index (χ0v) is 23.8. The van der Waals surface area contributed by atoms with Gasteiger partial charge in [-0.15, -0.1) is 0 Å². The Morgan fingerprint density at radius 1 is 0.730 bits per heavy atom. The van der Waals surface area contributed by atoms with Gasteiger partial charge in [-0.3, -0.25) is 0 Å². The minimum atomic E-state index is -0.309. The van der Waals surface area contributed by atoms with E-state index in [9.17, 15) is 0 Å². The molecule has 0 aliphatic carbocycles. The Labute approximate surface area is 233 Å². The van der Waals surface area contributed by atoms with Gasteiger partial charge in [0.1, 0.15) is 25.6 Å². The van der Waals surface area contributed by atoms with E-state index < -0.39 is 0 Å². The highest BCUT2D eigenvalue weighted by Crippen LogP contribution is 2.33. The number of hydrogen-bond donors (Lipinski definition) is 0. The largest absolute Gasteiger partial charge is 0.457 e. The molecular formula is C31H32Cl2N2OS+2. The summed E-state index contributed by atoms with van der Waals surface area (Å²) in [6.45, 7) is 0. The highest BCUT2D eigenvalue weighted by Gasteiger charge is 2.28. The number of hydrogen-bond acceptors (Lipinski definition) is 2. The number of ether oxygens (including phenoxy) is 1. The molecule has 3 rings (SSSR count). The van der Waals surface area contributed by atoms with E-state index in [-0.39, 0.29) is 10.9 Å². The number of nitrogens with zero attached hydrogens (tertiary/aromatic N) is 2. The minimum absolute atomic E-state index is 0.309. The van der Waals surface area contributed by atoms with Crippen LogP contribution in [0.2, 0.25) is 10.0 Å². The van der Waals surface area contributed by atoms with Crippen LogP contribution in [-0.2, 0) is 10.9 Å². The first-order valence-corrected chi connectivity index (χ1v) is 13.7. The van der Waals surface area contributed by atoms with Crippen LogP contribution in [0.25, 0.3) is 0 Å². The van der Waals surface area contributed by atoms with Gasteiger partial charge in [-0.2, -0.15) is 0 Å². The van der Waals surface area contributed by atoms with E-state index in [1.54, 1.807) is 0 Å². The van der Waals surface area contributed by atoms with Crippen LogP contribution in [0.5, 0.6) is 5.75 Å². The zero-order chi connectivity index (χ0) is 26.6. The van der Waals surface area contributed by atoms with E-state index in [1.165, 1.54) is 14.7 Å². The second kappa shape index (κ2) is 14.5. The minimum Gasteiger partial charge on any atom is -0.457 e. The third kappa shape index (κ3) is 9.66. The Kier molecular flexibility index (Phi) is 11.2. The van der Waals surface area contributed by atoms with Crippen molar-refractivity contribution >= 4 is 40.3 Å². The number of allylic oxidation sites excluding steroid dienone is 6. The molecule has 0 aliphatic rings. The molecule has 37 heavy (non-hydrogen) atoms. The van der Waals surface area contributed by atoms with Gasteiger partial charge >= 0.3 is 0 Å². The van der Waals surface area contributed by atoms with Gasteiger partial charge in [0, 0.05) is 30.2 Å². The summed E-state index contributed by atoms with van der Waals surface area (Å²) in [5.74, 6) is 1.49. The Hall–Kier alpha value is -3.18. The van der Waals surface area contributed by atoms with Crippen molar-refractivity contribution in [2.75, 3.05) is 28.2 Å². The van der Waals surface area contributed by atoms with Crippen molar-refractivity contribution in [3.63, 3.8) is 0 Å². The standard InChI is InChI=1S/C31H32Cl2N2OS/c1-34(2)23-7-5-9-27(10-6-8-24-35(3)4)36-28-15-21-31(22-16-28)37(29-17-11-25(32)12-18-29)30-19-13-26(33)14-20-30/h5-24H,1-4H3/q+2. The highest BCUT2D eigenvalue weighted by molar-refractivity contribution is 7.97. The van der Waals surface area contributed by atoms with Crippen molar-refractivity contribution in [2.45, 2.75) is 14.7 Å². The molecule has 0 atom stereocenters. The normalized spacial score (nSPS) is 12.1. The van der Waals surface area contributed by atoms with Gasteiger partial charge in [-0.25, -0.2) is 4.58 Å². The van der Waals surface area contributed by atoms with Crippen LogP contribution in [0.1, 0.15) is 0 Å². The van der Waals surface area contributed by atoms with Gasteiger partial charge in [-0.05, 0) is 97.2 Å². The molecule has 0 bridgehead atoms. The van der Waals surface area contributed by atoms with E-state index in [0.29, 0.717) is 0 Å². The molecule has 0 saturated heterocycles. The van der Waals surface area contributed by atoms with Gasteiger partial charge in [0.2, 0.25) is 0 Å². The van der Waals surface area contributed by atoms with E-state index in [2.05, 4.69) is 36.4 Å². The van der Waals surface area contributed by atoms with Crippen LogP contribution >= 0.6 is 23.2 Å². The van der Waals surface area contributed by atoms with Crippen molar-refractivity contribution in [2.24, 2.45) is 0 Å². The lowest BCUT2D eigenvalue weighted by Crippen LogP contribution is -2.04. The Balaban J connectivity index is 1.88. The molecule has 0 N–H and O–H groups in total. The molecule has 6 heteroatoms.